The highest BCUT2D eigenvalue weighted by Crippen LogP contribution is 2.23. The maximum atomic E-state index is 13.1. The second-order valence-electron chi connectivity index (χ2n) is 5.46. The number of carbonyl (C=O) groups excluding carboxylic acids is 1. The van der Waals surface area contributed by atoms with Gasteiger partial charge >= 0.3 is 0 Å². The van der Waals surface area contributed by atoms with Gasteiger partial charge in [0.2, 0.25) is 5.91 Å². The summed E-state index contributed by atoms with van der Waals surface area (Å²) < 4.78 is 20.5. The molecule has 1 aliphatic heterocycles. The van der Waals surface area contributed by atoms with Crippen LogP contribution in [0.15, 0.2) is 36.9 Å². The lowest BCUT2D eigenvalue weighted by Crippen LogP contribution is -2.49. The molecule has 8 heteroatoms. The van der Waals surface area contributed by atoms with Crippen LogP contribution >= 0.6 is 0 Å². The van der Waals surface area contributed by atoms with Crippen molar-refractivity contribution in [2.45, 2.75) is 18.7 Å². The third-order valence-corrected chi connectivity index (χ3v) is 3.85. The van der Waals surface area contributed by atoms with E-state index in [2.05, 4.69) is 10.1 Å². The van der Waals surface area contributed by atoms with Gasteiger partial charge in [0.1, 0.15) is 24.5 Å². The van der Waals surface area contributed by atoms with Gasteiger partial charge in [-0.3, -0.25) is 14.4 Å². The lowest BCUT2D eigenvalue weighted by molar-refractivity contribution is -0.127. The summed E-state index contributed by atoms with van der Waals surface area (Å²) in [5, 5.41) is 4.06. The van der Waals surface area contributed by atoms with E-state index in [-0.39, 0.29) is 11.9 Å². The van der Waals surface area contributed by atoms with Crippen LogP contribution in [-0.2, 0) is 16.1 Å². The Morgan fingerprint density at radius 3 is 2.87 bits per heavy atom. The van der Waals surface area contributed by atoms with Gasteiger partial charge in [-0.1, -0.05) is 12.1 Å². The van der Waals surface area contributed by atoms with E-state index in [9.17, 15) is 9.18 Å². The SMILES string of the molecule is NC(=O)C(c1ccc(F)cc1)N1CCOC(Cn2cncn2)C1. The summed E-state index contributed by atoms with van der Waals surface area (Å²) in [4.78, 5) is 17.8. The standard InChI is InChI=1S/C15H18FN5O2/c16-12-3-1-11(2-4-12)14(15(17)22)20-5-6-23-13(7-20)8-21-10-18-9-19-21/h1-4,9-10,13-14H,5-8H2,(H2,17,22). The Balaban J connectivity index is 1.74. The summed E-state index contributed by atoms with van der Waals surface area (Å²) >= 11 is 0. The number of morpholine rings is 1. The molecular formula is C15H18FN5O2. The first kappa shape index (κ1) is 15.6. The van der Waals surface area contributed by atoms with Gasteiger partial charge in [-0.25, -0.2) is 9.37 Å². The van der Waals surface area contributed by atoms with Crippen LogP contribution in [0.2, 0.25) is 0 Å². The van der Waals surface area contributed by atoms with Crippen LogP contribution in [0.4, 0.5) is 4.39 Å². The third-order valence-electron chi connectivity index (χ3n) is 3.85. The molecule has 0 aliphatic carbocycles. The fourth-order valence-electron chi connectivity index (χ4n) is 2.82. The van der Waals surface area contributed by atoms with E-state index in [0.29, 0.717) is 31.8 Å². The second kappa shape index (κ2) is 6.84. The van der Waals surface area contributed by atoms with E-state index >= 15 is 0 Å². The maximum Gasteiger partial charge on any atom is 0.239 e. The van der Waals surface area contributed by atoms with Crippen LogP contribution < -0.4 is 5.73 Å². The first-order valence-electron chi connectivity index (χ1n) is 7.36. The molecule has 1 aliphatic rings. The largest absolute Gasteiger partial charge is 0.374 e. The predicted molar refractivity (Wildman–Crippen MR) is 79.7 cm³/mol. The highest BCUT2D eigenvalue weighted by molar-refractivity contribution is 5.81. The summed E-state index contributed by atoms with van der Waals surface area (Å²) in [5.41, 5.74) is 6.26. The van der Waals surface area contributed by atoms with Gasteiger partial charge in [0.25, 0.3) is 0 Å². The molecule has 2 N–H and O–H groups in total. The van der Waals surface area contributed by atoms with E-state index < -0.39 is 11.9 Å². The predicted octanol–water partition coefficient (Wildman–Crippen LogP) is 0.345. The van der Waals surface area contributed by atoms with Crippen molar-refractivity contribution in [3.63, 3.8) is 0 Å². The van der Waals surface area contributed by atoms with Crippen molar-refractivity contribution in [1.82, 2.24) is 19.7 Å². The minimum Gasteiger partial charge on any atom is -0.374 e. The maximum absolute atomic E-state index is 13.1. The number of primary amides is 1. The van der Waals surface area contributed by atoms with Gasteiger partial charge in [-0.05, 0) is 17.7 Å². The number of carbonyl (C=O) groups is 1. The quantitative estimate of drug-likeness (QED) is 0.859. The fourth-order valence-corrected chi connectivity index (χ4v) is 2.82. The van der Waals surface area contributed by atoms with Crippen LogP contribution in [0.25, 0.3) is 0 Å². The van der Waals surface area contributed by atoms with Crippen molar-refractivity contribution in [2.24, 2.45) is 5.73 Å². The molecule has 0 radical (unpaired) electrons. The number of nitrogens with two attached hydrogens (primary N) is 1. The smallest absolute Gasteiger partial charge is 0.239 e. The Hall–Kier alpha value is -2.32. The monoisotopic (exact) mass is 319 g/mol. The molecule has 122 valence electrons. The molecule has 23 heavy (non-hydrogen) atoms. The summed E-state index contributed by atoms with van der Waals surface area (Å²) in [5.74, 6) is -0.805. The van der Waals surface area contributed by atoms with E-state index in [1.54, 1.807) is 23.1 Å². The van der Waals surface area contributed by atoms with Gasteiger partial charge in [0.05, 0.1) is 19.3 Å². The number of amides is 1. The van der Waals surface area contributed by atoms with Crippen LogP contribution in [-0.4, -0.2) is 51.4 Å². The van der Waals surface area contributed by atoms with Gasteiger partial charge < -0.3 is 10.5 Å². The molecular weight excluding hydrogens is 301 g/mol. The number of benzene rings is 1. The molecule has 2 aromatic rings. The Kier molecular flexibility index (Phi) is 4.63. The average Bonchev–Trinajstić information content (AvgIpc) is 3.02. The first-order chi connectivity index (χ1) is 11.1. The van der Waals surface area contributed by atoms with Crippen LogP contribution in [0, 0.1) is 5.82 Å². The molecule has 7 nitrogen and oxygen atoms in total. The van der Waals surface area contributed by atoms with Crippen molar-refractivity contribution in [2.75, 3.05) is 19.7 Å². The zero-order valence-electron chi connectivity index (χ0n) is 12.5. The number of aromatic nitrogens is 3. The second-order valence-corrected chi connectivity index (χ2v) is 5.46. The molecule has 2 unspecified atom stereocenters. The molecule has 2 atom stereocenters. The van der Waals surface area contributed by atoms with Gasteiger partial charge in [0, 0.05) is 13.1 Å². The van der Waals surface area contributed by atoms with Gasteiger partial charge in [-0.15, -0.1) is 0 Å². The summed E-state index contributed by atoms with van der Waals surface area (Å²) in [6, 6.07) is 5.24. The number of hydrogen-bond donors (Lipinski definition) is 1. The van der Waals surface area contributed by atoms with Crippen molar-refractivity contribution in [3.8, 4) is 0 Å². The molecule has 0 bridgehead atoms. The van der Waals surface area contributed by atoms with Crippen molar-refractivity contribution >= 4 is 5.91 Å². The number of hydrogen-bond acceptors (Lipinski definition) is 5. The van der Waals surface area contributed by atoms with Crippen molar-refractivity contribution in [3.05, 3.63) is 48.3 Å². The van der Waals surface area contributed by atoms with E-state index in [1.807, 2.05) is 4.90 Å². The molecule has 0 saturated carbocycles. The average molecular weight is 319 g/mol. The lowest BCUT2D eigenvalue weighted by Gasteiger charge is -2.37. The van der Waals surface area contributed by atoms with Gasteiger partial charge in [0.15, 0.2) is 0 Å². The summed E-state index contributed by atoms with van der Waals surface area (Å²) in [6.07, 6.45) is 2.96. The molecule has 1 saturated heterocycles. The van der Waals surface area contributed by atoms with Crippen LogP contribution in [0.1, 0.15) is 11.6 Å². The Bertz CT molecular complexity index is 646. The minimum atomic E-state index is -0.599. The number of halogens is 1. The third kappa shape index (κ3) is 3.72. The van der Waals surface area contributed by atoms with Crippen LogP contribution in [0.5, 0.6) is 0 Å². The molecule has 2 heterocycles. The van der Waals surface area contributed by atoms with Crippen molar-refractivity contribution < 1.29 is 13.9 Å². The Morgan fingerprint density at radius 1 is 1.43 bits per heavy atom. The Morgan fingerprint density at radius 2 is 2.22 bits per heavy atom. The highest BCUT2D eigenvalue weighted by atomic mass is 19.1. The fraction of sp³-hybridized carbons (Fsp3) is 0.400. The number of rotatable bonds is 5. The molecule has 1 aromatic carbocycles. The lowest BCUT2D eigenvalue weighted by atomic mass is 10.0. The number of ether oxygens (including phenoxy) is 1. The Labute approximate surface area is 132 Å². The topological polar surface area (TPSA) is 86.3 Å². The van der Waals surface area contributed by atoms with E-state index in [0.717, 1.165) is 0 Å². The highest BCUT2D eigenvalue weighted by Gasteiger charge is 2.31. The van der Waals surface area contributed by atoms with E-state index in [1.165, 1.54) is 18.5 Å². The van der Waals surface area contributed by atoms with Crippen LogP contribution in [0.3, 0.4) is 0 Å². The molecule has 1 fully saturated rings. The molecule has 1 amide bonds. The van der Waals surface area contributed by atoms with E-state index in [4.69, 9.17) is 10.5 Å². The zero-order chi connectivity index (χ0) is 16.2. The molecule has 0 spiro atoms. The molecule has 1 aromatic heterocycles. The molecule has 3 rings (SSSR count). The van der Waals surface area contributed by atoms with Crippen molar-refractivity contribution in [1.29, 1.82) is 0 Å². The van der Waals surface area contributed by atoms with Gasteiger partial charge in [-0.2, -0.15) is 5.10 Å². The number of nitrogens with zero attached hydrogens (tertiary/aromatic N) is 4. The normalized spacial score (nSPS) is 20.3. The summed E-state index contributed by atoms with van der Waals surface area (Å²) in [7, 11) is 0. The minimum absolute atomic E-state index is 0.118. The summed E-state index contributed by atoms with van der Waals surface area (Å²) in [6.45, 7) is 2.15. The zero-order valence-corrected chi connectivity index (χ0v) is 12.5. The first-order valence-corrected chi connectivity index (χ1v) is 7.36.